The molecule has 1 aromatic heterocycles. The molecule has 1 heterocycles. The fraction of sp³-hybridized carbons (Fsp3) is 0.478. The summed E-state index contributed by atoms with van der Waals surface area (Å²) in [5, 5.41) is 22.2. The number of aliphatic hydroxyl groups is 1. The van der Waals surface area contributed by atoms with Gasteiger partial charge in [0.1, 0.15) is 17.3 Å². The van der Waals surface area contributed by atoms with Gasteiger partial charge in [0.25, 0.3) is 5.91 Å². The van der Waals surface area contributed by atoms with Crippen LogP contribution >= 0.6 is 0 Å². The molecule has 0 saturated heterocycles. The molecule has 0 aliphatic heterocycles. The number of Topliss-reactive ketones (excluding diaryl/α,β-unsaturated/α-hetero) is 1. The molecule has 5 rings (SSSR count). The van der Waals surface area contributed by atoms with Crippen LogP contribution in [0, 0.1) is 5.92 Å². The molecule has 2 aromatic rings. The van der Waals surface area contributed by atoms with Crippen LogP contribution in [0.2, 0.25) is 0 Å². The van der Waals surface area contributed by atoms with Crippen LogP contribution in [0.3, 0.4) is 0 Å². The molecule has 3 aliphatic carbocycles. The minimum Gasteiger partial charge on any atom is -0.507 e. The van der Waals surface area contributed by atoms with Crippen molar-refractivity contribution >= 4 is 11.7 Å². The lowest BCUT2D eigenvalue weighted by Gasteiger charge is -2.60. The Kier molecular flexibility index (Phi) is 5.20. The molecule has 1 aromatic carbocycles. The molecule has 2 bridgehead atoms. The van der Waals surface area contributed by atoms with E-state index in [4.69, 9.17) is 15.9 Å². The third kappa shape index (κ3) is 3.04. The standard InChI is InChI=1S/C18H21NO4.C5H7NO/c19-16(22)13-4-3-10-8-11-2-1-6-17(14(10)15(13)21)9-12(20)5-7-18(11,17)23;6-4-5-2-1-3-7-5/h3-4,11,21,23H,1-2,5-9H2,(H2,19,22);1-3H,4,6H2/t11-,17-,18-;/m1./s1. The number of ketones is 1. The van der Waals surface area contributed by atoms with Gasteiger partial charge in [0, 0.05) is 23.8 Å². The highest BCUT2D eigenvalue weighted by molar-refractivity contribution is 5.96. The summed E-state index contributed by atoms with van der Waals surface area (Å²) in [4.78, 5) is 23.8. The number of furan rings is 1. The first-order valence-electron chi connectivity index (χ1n) is 10.4. The molecule has 3 atom stereocenters. The van der Waals surface area contributed by atoms with E-state index < -0.39 is 16.9 Å². The smallest absolute Gasteiger partial charge is 0.252 e. The molecule has 2 fully saturated rings. The Morgan fingerprint density at radius 3 is 2.70 bits per heavy atom. The van der Waals surface area contributed by atoms with E-state index in [9.17, 15) is 19.8 Å². The molecule has 160 valence electrons. The van der Waals surface area contributed by atoms with Crippen LogP contribution in [0.5, 0.6) is 5.75 Å². The van der Waals surface area contributed by atoms with Crippen LogP contribution < -0.4 is 11.5 Å². The third-order valence-electron chi connectivity index (χ3n) is 7.20. The number of hydrogen-bond acceptors (Lipinski definition) is 6. The number of nitrogens with two attached hydrogens (primary N) is 2. The molecule has 6 N–H and O–H groups in total. The number of carbonyl (C=O) groups excluding carboxylic acids is 2. The fourth-order valence-corrected chi connectivity index (χ4v) is 5.87. The Labute approximate surface area is 175 Å². The Bertz CT molecular complexity index is 970. The highest BCUT2D eigenvalue weighted by atomic mass is 16.3. The number of carbonyl (C=O) groups is 2. The number of fused-ring (bicyclic) bond motifs is 1. The average molecular weight is 412 g/mol. The van der Waals surface area contributed by atoms with Crippen molar-refractivity contribution in [3.63, 3.8) is 0 Å². The zero-order valence-electron chi connectivity index (χ0n) is 16.9. The van der Waals surface area contributed by atoms with Crippen molar-refractivity contribution in [3.05, 3.63) is 53.0 Å². The third-order valence-corrected chi connectivity index (χ3v) is 7.20. The van der Waals surface area contributed by atoms with Crippen LogP contribution in [0.25, 0.3) is 0 Å². The minimum absolute atomic E-state index is 0.0718. The topological polar surface area (TPSA) is 140 Å². The second-order valence-electron chi connectivity index (χ2n) is 8.66. The first-order chi connectivity index (χ1) is 14.3. The number of amides is 1. The largest absolute Gasteiger partial charge is 0.507 e. The monoisotopic (exact) mass is 412 g/mol. The number of primary amides is 1. The highest BCUT2D eigenvalue weighted by Crippen LogP contribution is 2.62. The summed E-state index contributed by atoms with van der Waals surface area (Å²) in [7, 11) is 0. The summed E-state index contributed by atoms with van der Waals surface area (Å²) in [6.07, 6.45) is 5.87. The summed E-state index contributed by atoms with van der Waals surface area (Å²) in [6.45, 7) is 0.493. The van der Waals surface area contributed by atoms with Crippen LogP contribution in [-0.2, 0) is 23.2 Å². The zero-order chi connectivity index (χ0) is 21.5. The first kappa shape index (κ1) is 20.6. The van der Waals surface area contributed by atoms with E-state index in [1.165, 1.54) is 0 Å². The molecule has 0 unspecified atom stereocenters. The SMILES string of the molecule is NC(=O)c1ccc2c(c1O)[C@]13CCC[C@H](C2)[C@]1(O)CCC(=O)C3.NCc1ccco1. The van der Waals surface area contributed by atoms with E-state index >= 15 is 0 Å². The van der Waals surface area contributed by atoms with Crippen molar-refractivity contribution in [3.8, 4) is 5.75 Å². The predicted octanol–water partition coefficient (Wildman–Crippen LogP) is 2.31. The fourth-order valence-electron chi connectivity index (χ4n) is 5.87. The maximum absolute atomic E-state index is 12.2. The molecule has 30 heavy (non-hydrogen) atoms. The summed E-state index contributed by atoms with van der Waals surface area (Å²) >= 11 is 0. The van der Waals surface area contributed by atoms with Crippen molar-refractivity contribution in [2.75, 3.05) is 0 Å². The average Bonchev–Trinajstić information content (AvgIpc) is 3.22. The molecular formula is C23H28N2O5. The van der Waals surface area contributed by atoms with E-state index in [1.54, 1.807) is 12.3 Å². The summed E-state index contributed by atoms with van der Waals surface area (Å²) in [6, 6.07) is 7.05. The minimum atomic E-state index is -0.972. The van der Waals surface area contributed by atoms with Crippen LogP contribution in [0.4, 0.5) is 0 Å². The van der Waals surface area contributed by atoms with E-state index in [0.29, 0.717) is 37.8 Å². The Hall–Kier alpha value is -2.64. The molecule has 7 nitrogen and oxygen atoms in total. The van der Waals surface area contributed by atoms with E-state index in [1.807, 2.05) is 18.2 Å². The van der Waals surface area contributed by atoms with Crippen molar-refractivity contribution in [2.24, 2.45) is 17.4 Å². The number of benzene rings is 1. The number of rotatable bonds is 2. The van der Waals surface area contributed by atoms with Gasteiger partial charge in [-0.2, -0.15) is 0 Å². The number of phenols is 1. The maximum Gasteiger partial charge on any atom is 0.252 e. The zero-order valence-corrected chi connectivity index (χ0v) is 16.9. The lowest BCUT2D eigenvalue weighted by molar-refractivity contribution is -0.160. The molecule has 7 heteroatoms. The lowest BCUT2D eigenvalue weighted by atomic mass is 9.46. The highest BCUT2D eigenvalue weighted by Gasteiger charge is 2.63. The number of hydrogen-bond donors (Lipinski definition) is 4. The van der Waals surface area contributed by atoms with Crippen LogP contribution in [0.1, 0.15) is 65.8 Å². The van der Waals surface area contributed by atoms with Crippen molar-refractivity contribution in [1.29, 1.82) is 0 Å². The van der Waals surface area contributed by atoms with Gasteiger partial charge >= 0.3 is 0 Å². The number of aromatic hydroxyl groups is 1. The van der Waals surface area contributed by atoms with Crippen LogP contribution in [-0.4, -0.2) is 27.5 Å². The molecule has 0 spiro atoms. The van der Waals surface area contributed by atoms with Gasteiger partial charge in [-0.15, -0.1) is 0 Å². The summed E-state index contributed by atoms with van der Waals surface area (Å²) in [5.74, 6) is 0.233. The van der Waals surface area contributed by atoms with E-state index in [0.717, 1.165) is 24.2 Å². The van der Waals surface area contributed by atoms with Crippen molar-refractivity contribution in [2.45, 2.75) is 62.5 Å². The normalized spacial score (nSPS) is 29.3. The van der Waals surface area contributed by atoms with E-state index in [2.05, 4.69) is 0 Å². The molecule has 2 saturated carbocycles. The van der Waals surface area contributed by atoms with Gasteiger partial charge in [-0.3, -0.25) is 9.59 Å². The van der Waals surface area contributed by atoms with Crippen molar-refractivity contribution < 1.29 is 24.2 Å². The van der Waals surface area contributed by atoms with Gasteiger partial charge in [-0.1, -0.05) is 12.5 Å². The molecule has 3 aliphatic rings. The lowest BCUT2D eigenvalue weighted by Crippen LogP contribution is -2.64. The maximum atomic E-state index is 12.2. The molecular weight excluding hydrogens is 384 g/mol. The second kappa shape index (κ2) is 7.56. The quantitative estimate of drug-likeness (QED) is 0.597. The van der Waals surface area contributed by atoms with Crippen LogP contribution in [0.15, 0.2) is 34.9 Å². The van der Waals surface area contributed by atoms with Crippen molar-refractivity contribution in [1.82, 2.24) is 0 Å². The summed E-state index contributed by atoms with van der Waals surface area (Å²) < 4.78 is 4.86. The van der Waals surface area contributed by atoms with Gasteiger partial charge in [-0.25, -0.2) is 0 Å². The molecule has 1 amide bonds. The Morgan fingerprint density at radius 1 is 1.27 bits per heavy atom. The predicted molar refractivity (Wildman–Crippen MR) is 110 cm³/mol. The van der Waals surface area contributed by atoms with Gasteiger partial charge in [0.05, 0.1) is 24.0 Å². The summed E-state index contributed by atoms with van der Waals surface area (Å²) in [5.41, 5.74) is 10.4. The van der Waals surface area contributed by atoms with Gasteiger partial charge < -0.3 is 26.1 Å². The van der Waals surface area contributed by atoms with Gasteiger partial charge in [-0.05, 0) is 55.4 Å². The van der Waals surface area contributed by atoms with Gasteiger partial charge in [0.2, 0.25) is 0 Å². The van der Waals surface area contributed by atoms with Gasteiger partial charge in [0.15, 0.2) is 0 Å². The first-order valence-corrected chi connectivity index (χ1v) is 10.4. The molecule has 0 radical (unpaired) electrons. The Balaban J connectivity index is 0.000000265. The Morgan fingerprint density at radius 2 is 2.07 bits per heavy atom. The second-order valence-corrected chi connectivity index (χ2v) is 8.66. The van der Waals surface area contributed by atoms with E-state index in [-0.39, 0.29) is 29.4 Å².